The second kappa shape index (κ2) is 8.46. The predicted molar refractivity (Wildman–Crippen MR) is 113 cm³/mol. The number of anilines is 1. The molecule has 1 fully saturated rings. The lowest BCUT2D eigenvalue weighted by atomic mass is 10.1. The molecule has 160 valence electrons. The molecule has 0 radical (unpaired) electrons. The molecule has 1 saturated heterocycles. The first kappa shape index (κ1) is 20.4. The van der Waals surface area contributed by atoms with E-state index in [2.05, 4.69) is 19.6 Å². The highest BCUT2D eigenvalue weighted by molar-refractivity contribution is 7.88. The Hall–Kier alpha value is -2.89. The Labute approximate surface area is 174 Å². The zero-order chi connectivity index (χ0) is 21.1. The fraction of sp³-hybridized carbons (Fsp3) is 0.368. The number of likely N-dealkylation sites (tertiary alicyclic amines) is 1. The Morgan fingerprint density at radius 3 is 2.83 bits per heavy atom. The summed E-state index contributed by atoms with van der Waals surface area (Å²) in [6.07, 6.45) is 5.56. The van der Waals surface area contributed by atoms with Gasteiger partial charge in [0.05, 0.1) is 17.8 Å². The van der Waals surface area contributed by atoms with E-state index in [1.807, 2.05) is 30.5 Å². The van der Waals surface area contributed by atoms with Crippen LogP contribution >= 0.6 is 0 Å². The highest BCUT2D eigenvalue weighted by Gasteiger charge is 2.19. The van der Waals surface area contributed by atoms with Gasteiger partial charge in [-0.05, 0) is 24.1 Å². The molecule has 1 aliphatic heterocycles. The molecule has 4 rings (SSSR count). The molecule has 0 atom stereocenters. The normalized spacial score (nSPS) is 14.6. The van der Waals surface area contributed by atoms with E-state index >= 15 is 0 Å². The summed E-state index contributed by atoms with van der Waals surface area (Å²) < 4.78 is 32.0. The average Bonchev–Trinajstić information content (AvgIpc) is 3.04. The smallest absolute Gasteiger partial charge is 0.208 e. The monoisotopic (exact) mass is 432 g/mol. The third-order valence-electron chi connectivity index (χ3n) is 4.79. The minimum absolute atomic E-state index is 0.188. The molecule has 1 aliphatic rings. The number of hydrogen-bond donors (Lipinski definition) is 2. The van der Waals surface area contributed by atoms with E-state index in [0.717, 1.165) is 30.5 Å². The lowest BCUT2D eigenvalue weighted by Gasteiger charge is -2.29. The minimum atomic E-state index is -3.24. The highest BCUT2D eigenvalue weighted by atomic mass is 32.2. The van der Waals surface area contributed by atoms with E-state index in [0.29, 0.717) is 29.3 Å². The summed E-state index contributed by atoms with van der Waals surface area (Å²) in [6, 6.07) is 7.46. The van der Waals surface area contributed by atoms with E-state index in [1.165, 1.54) is 12.7 Å². The van der Waals surface area contributed by atoms with Gasteiger partial charge < -0.3 is 15.3 Å². The van der Waals surface area contributed by atoms with Crippen molar-refractivity contribution < 1.29 is 18.0 Å². The van der Waals surface area contributed by atoms with Crippen LogP contribution in [-0.4, -0.2) is 67.2 Å². The van der Waals surface area contributed by atoms with Crippen LogP contribution in [0.1, 0.15) is 6.42 Å². The van der Waals surface area contributed by atoms with Gasteiger partial charge in [0.25, 0.3) is 0 Å². The summed E-state index contributed by atoms with van der Waals surface area (Å²) in [6.45, 7) is 2.92. The van der Waals surface area contributed by atoms with Gasteiger partial charge in [0.15, 0.2) is 12.4 Å². The maximum atomic E-state index is 11.2. The predicted octanol–water partition coefficient (Wildman–Crippen LogP) is 0.700. The quantitative estimate of drug-likeness (QED) is 0.474. The highest BCUT2D eigenvalue weighted by Crippen LogP contribution is 2.33. The van der Waals surface area contributed by atoms with Crippen LogP contribution in [0.2, 0.25) is 0 Å². The maximum absolute atomic E-state index is 11.2. The standard InChI is InChI=1S/C19H24N6O4S/c1-30(26,27)23-6-9-28-15-5-2-4-14(10-15)16-11-25(29-13-24-7-3-8-24)19-17(16)18(20)21-12-22-19/h2,4-5,10-12,23H,3,6-9,13H2,1H3,(H2,20,21,22). The first-order valence-electron chi connectivity index (χ1n) is 9.56. The molecule has 11 heteroatoms. The van der Waals surface area contributed by atoms with Crippen LogP contribution in [0.3, 0.4) is 0 Å². The zero-order valence-corrected chi connectivity index (χ0v) is 17.4. The molecule has 30 heavy (non-hydrogen) atoms. The van der Waals surface area contributed by atoms with Gasteiger partial charge >= 0.3 is 0 Å². The van der Waals surface area contributed by atoms with Crippen LogP contribution in [-0.2, 0) is 10.0 Å². The molecular weight excluding hydrogens is 408 g/mol. The van der Waals surface area contributed by atoms with Crippen LogP contribution in [0.15, 0.2) is 36.8 Å². The first-order chi connectivity index (χ1) is 14.4. The molecule has 0 amide bonds. The van der Waals surface area contributed by atoms with E-state index in [1.54, 1.807) is 4.73 Å². The van der Waals surface area contributed by atoms with Crippen molar-refractivity contribution in [3.05, 3.63) is 36.8 Å². The van der Waals surface area contributed by atoms with Crippen LogP contribution in [0.4, 0.5) is 5.82 Å². The van der Waals surface area contributed by atoms with Gasteiger partial charge in [0, 0.05) is 25.2 Å². The number of fused-ring (bicyclic) bond motifs is 1. The Morgan fingerprint density at radius 1 is 1.27 bits per heavy atom. The van der Waals surface area contributed by atoms with Crippen molar-refractivity contribution in [3.63, 3.8) is 0 Å². The number of benzene rings is 1. The molecule has 2 aromatic heterocycles. The summed E-state index contributed by atoms with van der Waals surface area (Å²) in [5.41, 5.74) is 8.44. The third kappa shape index (κ3) is 4.64. The van der Waals surface area contributed by atoms with Gasteiger partial charge in [-0.25, -0.2) is 23.1 Å². The summed E-state index contributed by atoms with van der Waals surface area (Å²) in [5, 5.41) is 0.706. The molecule has 3 aromatic rings. The van der Waals surface area contributed by atoms with Crippen molar-refractivity contribution in [2.24, 2.45) is 0 Å². The molecule has 0 spiro atoms. The molecule has 10 nitrogen and oxygen atoms in total. The number of sulfonamides is 1. The summed E-state index contributed by atoms with van der Waals surface area (Å²) >= 11 is 0. The van der Waals surface area contributed by atoms with Crippen LogP contribution in [0, 0.1) is 0 Å². The molecule has 0 saturated carbocycles. The average molecular weight is 433 g/mol. The van der Waals surface area contributed by atoms with Gasteiger partial charge in [-0.2, -0.15) is 4.73 Å². The van der Waals surface area contributed by atoms with Gasteiger partial charge in [-0.3, -0.25) is 4.90 Å². The van der Waals surface area contributed by atoms with Gasteiger partial charge in [0.1, 0.15) is 24.5 Å². The van der Waals surface area contributed by atoms with Crippen molar-refractivity contribution in [2.45, 2.75) is 6.42 Å². The number of nitrogen functional groups attached to an aromatic ring is 1. The second-order valence-corrected chi connectivity index (χ2v) is 8.93. The Balaban J connectivity index is 1.57. The Morgan fingerprint density at radius 2 is 2.10 bits per heavy atom. The number of nitrogens with zero attached hydrogens (tertiary/aromatic N) is 4. The molecule has 3 N–H and O–H groups in total. The maximum Gasteiger partial charge on any atom is 0.208 e. The fourth-order valence-corrected chi connectivity index (χ4v) is 3.63. The summed E-state index contributed by atoms with van der Waals surface area (Å²) in [7, 11) is -3.24. The van der Waals surface area contributed by atoms with E-state index < -0.39 is 10.0 Å². The van der Waals surface area contributed by atoms with Crippen LogP contribution < -0.4 is 20.0 Å². The van der Waals surface area contributed by atoms with E-state index in [9.17, 15) is 8.42 Å². The topological polar surface area (TPSA) is 125 Å². The van der Waals surface area contributed by atoms with Crippen molar-refractivity contribution >= 4 is 26.9 Å². The number of aromatic nitrogens is 3. The SMILES string of the molecule is CS(=O)(=O)NCCOc1cccc(-c2cn(OCN3CCC3)c3ncnc(N)c23)c1. The van der Waals surface area contributed by atoms with Crippen LogP contribution in [0.5, 0.6) is 5.75 Å². The van der Waals surface area contributed by atoms with E-state index in [-0.39, 0.29) is 13.2 Å². The Kier molecular flexibility index (Phi) is 5.75. The Bertz CT molecular complexity index is 1140. The van der Waals surface area contributed by atoms with Gasteiger partial charge in [-0.1, -0.05) is 12.1 Å². The number of nitrogens with one attached hydrogen (secondary N) is 1. The van der Waals surface area contributed by atoms with Gasteiger partial charge in [-0.15, -0.1) is 0 Å². The van der Waals surface area contributed by atoms with Crippen molar-refractivity contribution in [1.29, 1.82) is 0 Å². The lowest BCUT2D eigenvalue weighted by molar-refractivity contribution is -0.00687. The molecule has 0 bridgehead atoms. The molecule has 1 aromatic carbocycles. The lowest BCUT2D eigenvalue weighted by Crippen LogP contribution is -2.41. The van der Waals surface area contributed by atoms with Crippen molar-refractivity contribution in [3.8, 4) is 16.9 Å². The van der Waals surface area contributed by atoms with E-state index in [4.69, 9.17) is 15.3 Å². The molecular formula is C19H24N6O4S. The fourth-order valence-electron chi connectivity index (χ4n) is 3.18. The first-order valence-corrected chi connectivity index (χ1v) is 11.4. The second-order valence-electron chi connectivity index (χ2n) is 7.10. The molecule has 0 unspecified atom stereocenters. The number of ether oxygens (including phenoxy) is 1. The minimum Gasteiger partial charge on any atom is -0.492 e. The van der Waals surface area contributed by atoms with Crippen molar-refractivity contribution in [1.82, 2.24) is 24.3 Å². The molecule has 3 heterocycles. The number of rotatable bonds is 9. The molecule has 0 aliphatic carbocycles. The van der Waals surface area contributed by atoms with Crippen molar-refractivity contribution in [2.75, 3.05) is 45.0 Å². The zero-order valence-electron chi connectivity index (χ0n) is 16.6. The van der Waals surface area contributed by atoms with Gasteiger partial charge in [0.2, 0.25) is 10.0 Å². The number of hydrogen-bond acceptors (Lipinski definition) is 8. The van der Waals surface area contributed by atoms with Crippen LogP contribution in [0.25, 0.3) is 22.2 Å². The largest absolute Gasteiger partial charge is 0.492 e. The summed E-state index contributed by atoms with van der Waals surface area (Å²) in [5.74, 6) is 0.977. The summed E-state index contributed by atoms with van der Waals surface area (Å²) in [4.78, 5) is 16.6. The third-order valence-corrected chi connectivity index (χ3v) is 5.52. The number of nitrogens with two attached hydrogens (primary N) is 1.